The number of carbonyl (C=O) groups excluding carboxylic acids is 2. The molecule has 24 heavy (non-hydrogen) atoms. The predicted octanol–water partition coefficient (Wildman–Crippen LogP) is 2.31. The fraction of sp³-hybridized carbons (Fsp3) is 0.895. The molecular weight excluding hydrogens is 306 g/mol. The molecule has 5 fully saturated rings. The second-order valence-electron chi connectivity index (χ2n) is 9.07. The monoisotopic (exact) mass is 335 g/mol. The van der Waals surface area contributed by atoms with Gasteiger partial charge in [0.25, 0.3) is 5.91 Å². The number of rotatable bonds is 5. The molecule has 0 heterocycles. The van der Waals surface area contributed by atoms with Crippen LogP contribution in [-0.2, 0) is 14.3 Å². The minimum absolute atomic E-state index is 0.0855. The second kappa shape index (κ2) is 6.01. The summed E-state index contributed by atoms with van der Waals surface area (Å²) in [5.74, 6) is 0.672. The molecule has 0 aliphatic heterocycles. The van der Waals surface area contributed by atoms with Gasteiger partial charge in [-0.15, -0.1) is 0 Å². The van der Waals surface area contributed by atoms with E-state index in [1.807, 2.05) is 0 Å². The van der Waals surface area contributed by atoms with Gasteiger partial charge in [-0.25, -0.2) is 0 Å². The molecule has 0 saturated heterocycles. The van der Waals surface area contributed by atoms with Gasteiger partial charge in [0, 0.05) is 6.04 Å². The smallest absolute Gasteiger partial charge is 0.306 e. The lowest BCUT2D eigenvalue weighted by Crippen LogP contribution is -2.56. The number of esters is 1. The highest BCUT2D eigenvalue weighted by Gasteiger charge is 2.57. The van der Waals surface area contributed by atoms with Crippen LogP contribution in [0.1, 0.15) is 70.6 Å². The van der Waals surface area contributed by atoms with Crippen molar-refractivity contribution in [2.45, 2.75) is 82.3 Å². The van der Waals surface area contributed by atoms with Crippen molar-refractivity contribution in [2.24, 2.45) is 17.3 Å². The summed E-state index contributed by atoms with van der Waals surface area (Å²) in [7, 11) is 0. The summed E-state index contributed by atoms with van der Waals surface area (Å²) in [6.45, 7) is -0.164. The van der Waals surface area contributed by atoms with Crippen molar-refractivity contribution in [3.63, 3.8) is 0 Å². The Morgan fingerprint density at radius 3 is 2.38 bits per heavy atom. The van der Waals surface area contributed by atoms with Gasteiger partial charge in [0.1, 0.15) is 0 Å². The summed E-state index contributed by atoms with van der Waals surface area (Å²) in [5.41, 5.74) is -0.637. The SMILES string of the molecule is O=C(COC(=O)CC12C[C@@H]3C[C@H](CC(O)(C3)C1)C2)NC1CCCC1. The van der Waals surface area contributed by atoms with Gasteiger partial charge < -0.3 is 15.2 Å². The quantitative estimate of drug-likeness (QED) is 0.756. The second-order valence-corrected chi connectivity index (χ2v) is 9.07. The molecule has 2 N–H and O–H groups in total. The molecule has 4 bridgehead atoms. The van der Waals surface area contributed by atoms with Crippen molar-refractivity contribution in [2.75, 3.05) is 6.61 Å². The average molecular weight is 335 g/mol. The Morgan fingerprint density at radius 1 is 1.08 bits per heavy atom. The fourth-order valence-corrected chi connectivity index (χ4v) is 6.45. The maximum Gasteiger partial charge on any atom is 0.306 e. The third-order valence-electron chi connectivity index (χ3n) is 6.76. The zero-order valence-electron chi connectivity index (χ0n) is 14.4. The van der Waals surface area contributed by atoms with Gasteiger partial charge >= 0.3 is 5.97 Å². The largest absolute Gasteiger partial charge is 0.456 e. The van der Waals surface area contributed by atoms with E-state index in [-0.39, 0.29) is 29.9 Å². The standard InChI is InChI=1S/C19H29NO4/c21-16(20-15-3-1-2-4-15)11-24-17(22)10-18-6-13-5-14(7-18)9-19(23,8-13)12-18/h13-15,23H,1-12H2,(H,20,21)/t13-,14-,18?,19?/m0/s1. The minimum atomic E-state index is -0.551. The van der Waals surface area contributed by atoms with E-state index in [1.165, 1.54) is 19.3 Å². The summed E-state index contributed by atoms with van der Waals surface area (Å²) in [6.07, 6.45) is 10.6. The van der Waals surface area contributed by atoms with Crippen molar-refractivity contribution in [1.29, 1.82) is 0 Å². The first-order valence-corrected chi connectivity index (χ1v) is 9.61. The van der Waals surface area contributed by atoms with Crippen LogP contribution in [0.2, 0.25) is 0 Å². The summed E-state index contributed by atoms with van der Waals surface area (Å²) in [5, 5.41) is 13.7. The van der Waals surface area contributed by atoms with E-state index in [4.69, 9.17) is 4.74 Å². The van der Waals surface area contributed by atoms with Crippen molar-refractivity contribution < 1.29 is 19.4 Å². The Kier molecular flexibility index (Phi) is 4.10. The Bertz CT molecular complexity index is 511. The zero-order valence-corrected chi connectivity index (χ0v) is 14.4. The zero-order chi connectivity index (χ0) is 16.8. The highest BCUT2D eigenvalue weighted by molar-refractivity contribution is 5.81. The first kappa shape index (κ1) is 16.4. The Morgan fingerprint density at radius 2 is 1.75 bits per heavy atom. The number of amides is 1. The number of nitrogens with one attached hydrogen (secondary N) is 1. The van der Waals surface area contributed by atoms with E-state index in [1.54, 1.807) is 0 Å². The molecule has 5 aliphatic rings. The summed E-state index contributed by atoms with van der Waals surface area (Å²) in [6, 6.07) is 0.258. The molecular formula is C19H29NO4. The molecule has 2 atom stereocenters. The molecule has 5 heteroatoms. The number of ether oxygens (including phenoxy) is 1. The molecule has 1 amide bonds. The van der Waals surface area contributed by atoms with Crippen LogP contribution in [-0.4, -0.2) is 35.2 Å². The van der Waals surface area contributed by atoms with E-state index >= 15 is 0 Å². The number of aliphatic hydroxyl groups is 1. The van der Waals surface area contributed by atoms with Crippen LogP contribution < -0.4 is 5.32 Å². The van der Waals surface area contributed by atoms with E-state index < -0.39 is 5.60 Å². The minimum Gasteiger partial charge on any atom is -0.456 e. The lowest BCUT2D eigenvalue weighted by molar-refractivity contribution is -0.177. The topological polar surface area (TPSA) is 75.6 Å². The summed E-state index contributed by atoms with van der Waals surface area (Å²) < 4.78 is 5.25. The first-order chi connectivity index (χ1) is 11.4. The normalized spacial score (nSPS) is 40.7. The van der Waals surface area contributed by atoms with Crippen LogP contribution in [0, 0.1) is 17.3 Å². The van der Waals surface area contributed by atoms with E-state index in [9.17, 15) is 14.7 Å². The van der Waals surface area contributed by atoms with Gasteiger partial charge in [0.15, 0.2) is 6.61 Å². The molecule has 134 valence electrons. The molecule has 5 nitrogen and oxygen atoms in total. The van der Waals surface area contributed by atoms with Crippen LogP contribution >= 0.6 is 0 Å². The molecule has 0 radical (unpaired) electrons. The predicted molar refractivity (Wildman–Crippen MR) is 88.0 cm³/mol. The third kappa shape index (κ3) is 3.32. The molecule has 5 saturated carbocycles. The average Bonchev–Trinajstić information content (AvgIpc) is 2.94. The van der Waals surface area contributed by atoms with Gasteiger partial charge in [-0.2, -0.15) is 0 Å². The number of carbonyl (C=O) groups is 2. The number of hydrogen-bond acceptors (Lipinski definition) is 4. The Hall–Kier alpha value is -1.10. The molecule has 0 aromatic carbocycles. The van der Waals surface area contributed by atoms with Crippen molar-refractivity contribution >= 4 is 11.9 Å². The molecule has 0 aromatic rings. The van der Waals surface area contributed by atoms with Gasteiger partial charge in [-0.05, 0) is 68.6 Å². The Labute approximate surface area is 143 Å². The molecule has 0 spiro atoms. The van der Waals surface area contributed by atoms with Gasteiger partial charge in [-0.1, -0.05) is 12.8 Å². The summed E-state index contributed by atoms with van der Waals surface area (Å²) in [4.78, 5) is 24.2. The molecule has 5 rings (SSSR count). The summed E-state index contributed by atoms with van der Waals surface area (Å²) >= 11 is 0. The lowest BCUT2D eigenvalue weighted by Gasteiger charge is -2.60. The highest BCUT2D eigenvalue weighted by Crippen LogP contribution is 2.62. The van der Waals surface area contributed by atoms with Crippen molar-refractivity contribution in [3.05, 3.63) is 0 Å². The van der Waals surface area contributed by atoms with Crippen LogP contribution in [0.3, 0.4) is 0 Å². The van der Waals surface area contributed by atoms with E-state index in [0.717, 1.165) is 44.9 Å². The molecule has 5 aliphatic carbocycles. The maximum atomic E-state index is 12.3. The maximum absolute atomic E-state index is 12.3. The lowest BCUT2D eigenvalue weighted by atomic mass is 9.47. The van der Waals surface area contributed by atoms with Gasteiger partial charge in [-0.3, -0.25) is 9.59 Å². The first-order valence-electron chi connectivity index (χ1n) is 9.61. The van der Waals surface area contributed by atoms with Crippen LogP contribution in [0.4, 0.5) is 0 Å². The molecule has 0 aromatic heterocycles. The third-order valence-corrected chi connectivity index (χ3v) is 6.76. The van der Waals surface area contributed by atoms with Crippen LogP contribution in [0.15, 0.2) is 0 Å². The van der Waals surface area contributed by atoms with Crippen LogP contribution in [0.5, 0.6) is 0 Å². The number of hydrogen-bond donors (Lipinski definition) is 2. The van der Waals surface area contributed by atoms with Crippen LogP contribution in [0.25, 0.3) is 0 Å². The molecule has 0 unspecified atom stereocenters. The van der Waals surface area contributed by atoms with Gasteiger partial charge in [0.2, 0.25) is 0 Å². The van der Waals surface area contributed by atoms with E-state index in [0.29, 0.717) is 18.3 Å². The van der Waals surface area contributed by atoms with E-state index in [2.05, 4.69) is 5.32 Å². The van der Waals surface area contributed by atoms with Gasteiger partial charge in [0.05, 0.1) is 12.0 Å². The fourth-order valence-electron chi connectivity index (χ4n) is 6.45. The highest BCUT2D eigenvalue weighted by atomic mass is 16.5. The Balaban J connectivity index is 1.27. The van der Waals surface area contributed by atoms with Crippen molar-refractivity contribution in [1.82, 2.24) is 5.32 Å². The van der Waals surface area contributed by atoms with Crippen molar-refractivity contribution in [3.8, 4) is 0 Å².